The van der Waals surface area contributed by atoms with Crippen molar-refractivity contribution in [2.75, 3.05) is 24.5 Å². The summed E-state index contributed by atoms with van der Waals surface area (Å²) in [6, 6.07) is 21.6. The molecule has 0 aliphatic carbocycles. The van der Waals surface area contributed by atoms with E-state index >= 15 is 0 Å². The standard InChI is InChI=1S/C31H39N3O5S/c1-6-29(31(36)32-20-23(2)3)33(21-25-11-8-7-9-12-25)30(35)22-34(26-13-10-14-27(19-26)39-5)40(37,38)28-17-15-24(4)16-18-28/h7-19,23,29H,6,20-22H2,1-5H3,(H,32,36)/t29-/m0/s1. The zero-order chi connectivity index (χ0) is 29.3. The smallest absolute Gasteiger partial charge is 0.264 e. The largest absolute Gasteiger partial charge is 0.497 e. The molecule has 0 aliphatic heterocycles. The summed E-state index contributed by atoms with van der Waals surface area (Å²) in [5.41, 5.74) is 2.03. The molecule has 0 saturated carbocycles. The first-order valence-electron chi connectivity index (χ1n) is 13.4. The fourth-order valence-electron chi connectivity index (χ4n) is 4.25. The first-order valence-corrected chi connectivity index (χ1v) is 14.8. The van der Waals surface area contributed by atoms with E-state index < -0.39 is 28.5 Å². The normalized spacial score (nSPS) is 12.1. The van der Waals surface area contributed by atoms with E-state index in [-0.39, 0.29) is 29.0 Å². The number of hydrogen-bond acceptors (Lipinski definition) is 5. The predicted molar refractivity (Wildman–Crippen MR) is 158 cm³/mol. The second-order valence-electron chi connectivity index (χ2n) is 10.1. The van der Waals surface area contributed by atoms with Gasteiger partial charge in [-0.05, 0) is 49.1 Å². The number of aryl methyl sites for hydroxylation is 1. The quantitative estimate of drug-likeness (QED) is 0.322. The maximum absolute atomic E-state index is 14.1. The highest BCUT2D eigenvalue weighted by Crippen LogP contribution is 2.28. The van der Waals surface area contributed by atoms with E-state index in [1.807, 2.05) is 58.0 Å². The minimum absolute atomic E-state index is 0.0602. The average molecular weight is 566 g/mol. The van der Waals surface area contributed by atoms with E-state index in [1.54, 1.807) is 36.4 Å². The van der Waals surface area contributed by atoms with Gasteiger partial charge in [-0.2, -0.15) is 0 Å². The van der Waals surface area contributed by atoms with Crippen molar-refractivity contribution in [2.45, 2.75) is 51.6 Å². The lowest BCUT2D eigenvalue weighted by molar-refractivity contribution is -0.140. The number of sulfonamides is 1. The first kappa shape index (κ1) is 30.7. The third-order valence-corrected chi connectivity index (χ3v) is 8.28. The lowest BCUT2D eigenvalue weighted by Crippen LogP contribution is -2.52. The number of methoxy groups -OCH3 is 1. The summed E-state index contributed by atoms with van der Waals surface area (Å²) in [4.78, 5) is 28.9. The van der Waals surface area contributed by atoms with Crippen molar-refractivity contribution in [3.63, 3.8) is 0 Å². The highest BCUT2D eigenvalue weighted by atomic mass is 32.2. The molecule has 8 nitrogen and oxygen atoms in total. The zero-order valence-electron chi connectivity index (χ0n) is 23.8. The molecular formula is C31H39N3O5S. The first-order chi connectivity index (χ1) is 19.1. The van der Waals surface area contributed by atoms with Crippen LogP contribution in [0.1, 0.15) is 38.3 Å². The van der Waals surface area contributed by atoms with E-state index in [0.29, 0.717) is 18.7 Å². The van der Waals surface area contributed by atoms with E-state index in [9.17, 15) is 18.0 Å². The molecule has 0 spiro atoms. The Kier molecular flexibility index (Phi) is 10.7. The molecular weight excluding hydrogens is 526 g/mol. The van der Waals surface area contributed by atoms with Gasteiger partial charge in [0.25, 0.3) is 10.0 Å². The number of ether oxygens (including phenoxy) is 1. The summed E-state index contributed by atoms with van der Waals surface area (Å²) in [5, 5.41) is 2.93. The zero-order valence-corrected chi connectivity index (χ0v) is 24.6. The molecule has 0 unspecified atom stereocenters. The molecule has 0 heterocycles. The Bertz CT molecular complexity index is 1380. The Labute approximate surface area is 238 Å². The molecule has 3 aromatic carbocycles. The fraction of sp³-hybridized carbons (Fsp3) is 0.355. The monoisotopic (exact) mass is 565 g/mol. The third kappa shape index (κ3) is 7.85. The van der Waals surface area contributed by atoms with Crippen LogP contribution in [-0.4, -0.2) is 51.4 Å². The van der Waals surface area contributed by atoms with Crippen molar-refractivity contribution in [2.24, 2.45) is 5.92 Å². The second-order valence-corrected chi connectivity index (χ2v) is 12.0. The van der Waals surface area contributed by atoms with Crippen LogP contribution < -0.4 is 14.4 Å². The van der Waals surface area contributed by atoms with Gasteiger partial charge < -0.3 is 15.0 Å². The SMILES string of the molecule is CC[C@@H](C(=O)NCC(C)C)N(Cc1ccccc1)C(=O)CN(c1cccc(OC)c1)S(=O)(=O)c1ccc(C)cc1. The van der Waals surface area contributed by atoms with Crippen LogP contribution in [-0.2, 0) is 26.2 Å². The Morgan fingerprint density at radius 2 is 1.62 bits per heavy atom. The minimum Gasteiger partial charge on any atom is -0.497 e. The highest BCUT2D eigenvalue weighted by molar-refractivity contribution is 7.92. The Morgan fingerprint density at radius 1 is 0.950 bits per heavy atom. The summed E-state index contributed by atoms with van der Waals surface area (Å²) in [6.07, 6.45) is 0.367. The Morgan fingerprint density at radius 3 is 2.23 bits per heavy atom. The van der Waals surface area contributed by atoms with Crippen molar-refractivity contribution < 1.29 is 22.7 Å². The third-order valence-electron chi connectivity index (χ3n) is 6.50. The van der Waals surface area contributed by atoms with Crippen molar-refractivity contribution in [3.8, 4) is 5.75 Å². The summed E-state index contributed by atoms with van der Waals surface area (Å²) in [7, 11) is -2.65. The average Bonchev–Trinajstić information content (AvgIpc) is 2.95. The highest BCUT2D eigenvalue weighted by Gasteiger charge is 2.33. The van der Waals surface area contributed by atoms with Crippen molar-refractivity contribution >= 4 is 27.5 Å². The van der Waals surface area contributed by atoms with E-state index in [2.05, 4.69) is 5.32 Å². The van der Waals surface area contributed by atoms with Gasteiger partial charge in [-0.3, -0.25) is 13.9 Å². The maximum atomic E-state index is 14.1. The molecule has 0 aliphatic rings. The number of benzene rings is 3. The van der Waals surface area contributed by atoms with Crippen LogP contribution >= 0.6 is 0 Å². The molecule has 3 aromatic rings. The molecule has 3 rings (SSSR count). The lowest BCUT2D eigenvalue weighted by Gasteiger charge is -2.33. The van der Waals surface area contributed by atoms with Crippen LogP contribution in [0.4, 0.5) is 5.69 Å². The molecule has 0 bridgehead atoms. The van der Waals surface area contributed by atoms with Crippen molar-refractivity contribution in [1.82, 2.24) is 10.2 Å². The topological polar surface area (TPSA) is 96.0 Å². The van der Waals surface area contributed by atoms with E-state index in [4.69, 9.17) is 4.74 Å². The maximum Gasteiger partial charge on any atom is 0.264 e. The van der Waals surface area contributed by atoms with Gasteiger partial charge in [-0.1, -0.05) is 74.9 Å². The van der Waals surface area contributed by atoms with Gasteiger partial charge in [0.15, 0.2) is 0 Å². The van der Waals surface area contributed by atoms with Gasteiger partial charge in [0.05, 0.1) is 17.7 Å². The van der Waals surface area contributed by atoms with E-state index in [1.165, 1.54) is 24.1 Å². The van der Waals surface area contributed by atoms with Gasteiger partial charge in [-0.25, -0.2) is 8.42 Å². The van der Waals surface area contributed by atoms with Crippen LogP contribution in [0.2, 0.25) is 0 Å². The number of anilines is 1. The number of nitrogens with one attached hydrogen (secondary N) is 1. The molecule has 2 amide bonds. The van der Waals surface area contributed by atoms with Gasteiger partial charge >= 0.3 is 0 Å². The minimum atomic E-state index is -4.14. The number of rotatable bonds is 13. The van der Waals surface area contributed by atoms with Crippen molar-refractivity contribution in [1.29, 1.82) is 0 Å². The Balaban J connectivity index is 2.05. The molecule has 0 saturated heterocycles. The van der Waals surface area contributed by atoms with Gasteiger partial charge in [0, 0.05) is 19.2 Å². The molecule has 214 valence electrons. The molecule has 0 radical (unpaired) electrons. The number of hydrogen-bond donors (Lipinski definition) is 1. The molecule has 40 heavy (non-hydrogen) atoms. The summed E-state index contributed by atoms with van der Waals surface area (Å²) in [6.45, 7) is 7.84. The van der Waals surface area contributed by atoms with E-state index in [0.717, 1.165) is 15.4 Å². The van der Waals surface area contributed by atoms with Crippen molar-refractivity contribution in [3.05, 3.63) is 90.0 Å². The number of amides is 2. The molecule has 0 fully saturated rings. The predicted octanol–water partition coefficient (Wildman–Crippen LogP) is 4.78. The van der Waals surface area contributed by atoms with Gasteiger partial charge in [0.1, 0.15) is 18.3 Å². The summed E-state index contributed by atoms with van der Waals surface area (Å²) >= 11 is 0. The second kappa shape index (κ2) is 14.0. The molecule has 0 aromatic heterocycles. The number of nitrogens with zero attached hydrogens (tertiary/aromatic N) is 2. The van der Waals surface area contributed by atoms with Crippen LogP contribution in [0, 0.1) is 12.8 Å². The number of carbonyl (C=O) groups excluding carboxylic acids is 2. The molecule has 1 N–H and O–H groups in total. The fourth-order valence-corrected chi connectivity index (χ4v) is 5.66. The van der Waals surface area contributed by atoms with Crippen LogP contribution in [0.3, 0.4) is 0 Å². The number of carbonyl (C=O) groups is 2. The molecule has 1 atom stereocenters. The molecule has 9 heteroatoms. The van der Waals surface area contributed by atoms with Gasteiger partial charge in [0.2, 0.25) is 11.8 Å². The Hall–Kier alpha value is -3.85. The van der Waals surface area contributed by atoms with Crippen LogP contribution in [0.15, 0.2) is 83.8 Å². The van der Waals surface area contributed by atoms with Crippen LogP contribution in [0.5, 0.6) is 5.75 Å². The van der Waals surface area contributed by atoms with Crippen LogP contribution in [0.25, 0.3) is 0 Å². The van der Waals surface area contributed by atoms with Gasteiger partial charge in [-0.15, -0.1) is 0 Å². The summed E-state index contributed by atoms with van der Waals surface area (Å²) in [5.74, 6) is -0.0682. The summed E-state index contributed by atoms with van der Waals surface area (Å²) < 4.78 is 34.3. The lowest BCUT2D eigenvalue weighted by atomic mass is 10.1.